The number of nitrogens with two attached hydrogens (primary N) is 1. The summed E-state index contributed by atoms with van der Waals surface area (Å²) >= 11 is 6.00. The van der Waals surface area contributed by atoms with E-state index in [-0.39, 0.29) is 21.8 Å². The van der Waals surface area contributed by atoms with Gasteiger partial charge in [0.2, 0.25) is 10.0 Å². The molecule has 20 heavy (non-hydrogen) atoms. The number of nitrogen functional groups attached to an aromatic ring is 1. The highest BCUT2D eigenvalue weighted by Crippen LogP contribution is 2.40. The second kappa shape index (κ2) is 4.87. The summed E-state index contributed by atoms with van der Waals surface area (Å²) in [6.45, 7) is 0.814. The first kappa shape index (κ1) is 14.1. The smallest absolute Gasteiger partial charge is 0.244 e. The van der Waals surface area contributed by atoms with Gasteiger partial charge >= 0.3 is 0 Å². The first-order valence-corrected chi connectivity index (χ1v) is 8.44. The van der Waals surface area contributed by atoms with E-state index in [1.54, 1.807) is 6.07 Å². The molecule has 3 atom stereocenters. The number of hydrogen-bond donors (Lipinski definition) is 2. The molecule has 1 saturated carbocycles. The van der Waals surface area contributed by atoms with Gasteiger partial charge in [-0.2, -0.15) is 4.31 Å². The molecule has 1 heterocycles. The van der Waals surface area contributed by atoms with Gasteiger partial charge in [0.15, 0.2) is 0 Å². The van der Waals surface area contributed by atoms with Crippen LogP contribution in [0.1, 0.15) is 12.8 Å². The third kappa shape index (κ3) is 2.20. The van der Waals surface area contributed by atoms with E-state index < -0.39 is 16.1 Å². The lowest BCUT2D eigenvalue weighted by atomic mass is 10.00. The van der Waals surface area contributed by atoms with E-state index in [9.17, 15) is 13.5 Å². The van der Waals surface area contributed by atoms with Crippen LogP contribution in [0.15, 0.2) is 23.1 Å². The Balaban J connectivity index is 1.92. The van der Waals surface area contributed by atoms with Crippen LogP contribution >= 0.6 is 11.6 Å². The Labute approximate surface area is 123 Å². The first-order valence-electron chi connectivity index (χ1n) is 6.63. The molecule has 110 valence electrons. The third-order valence-electron chi connectivity index (χ3n) is 4.36. The number of benzene rings is 1. The van der Waals surface area contributed by atoms with Crippen molar-refractivity contribution in [2.75, 3.05) is 18.8 Å². The molecule has 3 N–H and O–H groups in total. The number of anilines is 1. The number of rotatable bonds is 2. The van der Waals surface area contributed by atoms with Crippen LogP contribution in [-0.4, -0.2) is 37.0 Å². The molecule has 3 unspecified atom stereocenters. The number of aliphatic hydroxyl groups excluding tert-OH is 1. The minimum absolute atomic E-state index is 0.0459. The highest BCUT2D eigenvalue weighted by atomic mass is 35.5. The van der Waals surface area contributed by atoms with Crippen molar-refractivity contribution in [3.8, 4) is 0 Å². The van der Waals surface area contributed by atoms with Crippen molar-refractivity contribution in [2.24, 2.45) is 11.8 Å². The van der Waals surface area contributed by atoms with Crippen LogP contribution in [0.25, 0.3) is 0 Å². The molecule has 1 aliphatic carbocycles. The van der Waals surface area contributed by atoms with Crippen LogP contribution < -0.4 is 5.73 Å². The average Bonchev–Trinajstić information content (AvgIpc) is 2.95. The molecule has 2 fully saturated rings. The van der Waals surface area contributed by atoms with Crippen LogP contribution in [0.5, 0.6) is 0 Å². The average molecular weight is 317 g/mol. The molecule has 0 spiro atoms. The zero-order valence-corrected chi connectivity index (χ0v) is 12.4. The van der Waals surface area contributed by atoms with E-state index in [0.29, 0.717) is 18.8 Å². The fraction of sp³-hybridized carbons (Fsp3) is 0.538. The van der Waals surface area contributed by atoms with Gasteiger partial charge in [0.25, 0.3) is 0 Å². The highest BCUT2D eigenvalue weighted by Gasteiger charge is 2.46. The summed E-state index contributed by atoms with van der Waals surface area (Å²) in [6, 6.07) is 4.46. The predicted octanol–water partition coefficient (Wildman–Crippen LogP) is 1.31. The van der Waals surface area contributed by atoms with Crippen molar-refractivity contribution in [1.29, 1.82) is 0 Å². The first-order chi connectivity index (χ1) is 9.39. The van der Waals surface area contributed by atoms with E-state index in [4.69, 9.17) is 17.3 Å². The van der Waals surface area contributed by atoms with Gasteiger partial charge in [-0.1, -0.05) is 11.6 Å². The van der Waals surface area contributed by atoms with Crippen molar-refractivity contribution < 1.29 is 13.5 Å². The van der Waals surface area contributed by atoms with Crippen LogP contribution in [0, 0.1) is 11.8 Å². The van der Waals surface area contributed by atoms with Gasteiger partial charge in [0.1, 0.15) is 4.90 Å². The fourth-order valence-corrected chi connectivity index (χ4v) is 5.29. The molecule has 2 aliphatic rings. The predicted molar refractivity (Wildman–Crippen MR) is 76.8 cm³/mol. The van der Waals surface area contributed by atoms with Gasteiger partial charge in [-0.15, -0.1) is 0 Å². The summed E-state index contributed by atoms with van der Waals surface area (Å²) in [5, 5.41) is 10.1. The fourth-order valence-electron chi connectivity index (χ4n) is 3.25. The molecule has 1 aromatic carbocycles. The van der Waals surface area contributed by atoms with Crippen molar-refractivity contribution in [3.05, 3.63) is 23.2 Å². The third-order valence-corrected chi connectivity index (χ3v) is 6.67. The number of hydrogen-bond acceptors (Lipinski definition) is 4. The summed E-state index contributed by atoms with van der Waals surface area (Å²) < 4.78 is 26.7. The standard InChI is InChI=1S/C13H17ClN2O3S/c14-11-3-2-9(15)5-13(11)20(18,19)16-6-8-1-4-12(17)10(8)7-16/h2-3,5,8,10,12,17H,1,4,6-7,15H2. The van der Waals surface area contributed by atoms with Crippen molar-refractivity contribution in [2.45, 2.75) is 23.8 Å². The lowest BCUT2D eigenvalue weighted by Gasteiger charge is -2.19. The highest BCUT2D eigenvalue weighted by molar-refractivity contribution is 7.89. The van der Waals surface area contributed by atoms with Crippen LogP contribution in [0.2, 0.25) is 5.02 Å². The van der Waals surface area contributed by atoms with Gasteiger partial charge in [0, 0.05) is 24.7 Å². The zero-order chi connectivity index (χ0) is 14.5. The van der Waals surface area contributed by atoms with Crippen molar-refractivity contribution in [3.63, 3.8) is 0 Å². The number of sulfonamides is 1. The van der Waals surface area contributed by atoms with Crippen molar-refractivity contribution in [1.82, 2.24) is 4.31 Å². The molecule has 1 aromatic rings. The van der Waals surface area contributed by atoms with Crippen LogP contribution in [0.3, 0.4) is 0 Å². The van der Waals surface area contributed by atoms with E-state index in [2.05, 4.69) is 0 Å². The monoisotopic (exact) mass is 316 g/mol. The van der Waals surface area contributed by atoms with E-state index >= 15 is 0 Å². The van der Waals surface area contributed by atoms with Crippen LogP contribution in [-0.2, 0) is 10.0 Å². The largest absolute Gasteiger partial charge is 0.399 e. The van der Waals surface area contributed by atoms with Gasteiger partial charge in [0.05, 0.1) is 11.1 Å². The maximum Gasteiger partial charge on any atom is 0.244 e. The molecule has 1 aliphatic heterocycles. The Morgan fingerprint density at radius 2 is 2.05 bits per heavy atom. The lowest BCUT2D eigenvalue weighted by Crippen LogP contribution is -2.31. The minimum atomic E-state index is -3.65. The Morgan fingerprint density at radius 1 is 1.30 bits per heavy atom. The Bertz CT molecular complexity index is 635. The Kier molecular flexibility index (Phi) is 3.44. The van der Waals surface area contributed by atoms with Gasteiger partial charge in [-0.25, -0.2) is 8.42 Å². The molecule has 1 saturated heterocycles. The maximum absolute atomic E-state index is 12.6. The van der Waals surface area contributed by atoms with Crippen molar-refractivity contribution >= 4 is 27.3 Å². The second-order valence-corrected chi connectivity index (χ2v) is 7.89. The molecule has 0 bridgehead atoms. The maximum atomic E-state index is 12.6. The van der Waals surface area contributed by atoms with Gasteiger partial charge in [-0.05, 0) is 37.0 Å². The summed E-state index contributed by atoms with van der Waals surface area (Å²) in [4.78, 5) is 0.0497. The number of aliphatic hydroxyl groups is 1. The second-order valence-electron chi connectivity index (χ2n) is 5.58. The molecule has 0 amide bonds. The number of fused-ring (bicyclic) bond motifs is 1. The van der Waals surface area contributed by atoms with E-state index in [0.717, 1.165) is 12.8 Å². The molecule has 0 radical (unpaired) electrons. The summed E-state index contributed by atoms with van der Waals surface area (Å²) in [6.07, 6.45) is 1.25. The van der Waals surface area contributed by atoms with E-state index in [1.165, 1.54) is 16.4 Å². The molecule has 0 aromatic heterocycles. The summed E-state index contributed by atoms with van der Waals surface area (Å²) in [7, 11) is -3.65. The summed E-state index contributed by atoms with van der Waals surface area (Å²) in [5.74, 6) is 0.296. The molecule has 5 nitrogen and oxygen atoms in total. The Morgan fingerprint density at radius 3 is 2.75 bits per heavy atom. The minimum Gasteiger partial charge on any atom is -0.399 e. The SMILES string of the molecule is Nc1ccc(Cl)c(S(=O)(=O)N2CC3CCC(O)C3C2)c1. The topological polar surface area (TPSA) is 83.6 Å². The summed E-state index contributed by atoms with van der Waals surface area (Å²) in [5.41, 5.74) is 6.02. The lowest BCUT2D eigenvalue weighted by molar-refractivity contribution is 0.129. The molecular formula is C13H17ClN2O3S. The molecular weight excluding hydrogens is 300 g/mol. The van der Waals surface area contributed by atoms with Crippen LogP contribution in [0.4, 0.5) is 5.69 Å². The van der Waals surface area contributed by atoms with Gasteiger partial charge < -0.3 is 10.8 Å². The normalized spacial score (nSPS) is 30.6. The zero-order valence-electron chi connectivity index (χ0n) is 10.9. The van der Waals surface area contributed by atoms with E-state index in [1.807, 2.05) is 0 Å². The quantitative estimate of drug-likeness (QED) is 0.806. The number of nitrogens with zero attached hydrogens (tertiary/aromatic N) is 1. The van der Waals surface area contributed by atoms with Gasteiger partial charge in [-0.3, -0.25) is 0 Å². The Hall–Kier alpha value is -0.820. The molecule has 3 rings (SSSR count). The molecule has 7 heteroatoms. The number of halogens is 1.